The molecule has 4 aromatic carbocycles. The first-order valence-corrected chi connectivity index (χ1v) is 10.3. The molecule has 0 atom stereocenters. The SMILES string of the molecule is NC(=Nc1cccc(NC(=O)c2cccc3c2Cc2cc(F)ccc2-3)c1)c1ccccc1. The largest absolute Gasteiger partial charge is 0.383 e. The number of nitrogens with zero attached hydrogens (tertiary/aromatic N) is 1. The standard InChI is InChI=1S/C27H20FN3O/c28-19-12-13-22-18(14-19)15-25-23(22)10-5-11-24(25)27(32)31-21-9-4-8-20(16-21)30-26(29)17-6-2-1-3-7-17/h1-14,16H,15H2,(H2,29,30)(H,31,32). The quantitative estimate of drug-likeness (QED) is 0.289. The highest BCUT2D eigenvalue weighted by Gasteiger charge is 2.24. The monoisotopic (exact) mass is 421 g/mol. The molecule has 156 valence electrons. The number of rotatable bonds is 4. The van der Waals surface area contributed by atoms with E-state index in [4.69, 9.17) is 5.73 Å². The van der Waals surface area contributed by atoms with E-state index in [2.05, 4.69) is 10.3 Å². The molecule has 0 heterocycles. The lowest BCUT2D eigenvalue weighted by Crippen LogP contribution is -2.14. The van der Waals surface area contributed by atoms with Gasteiger partial charge in [-0.2, -0.15) is 0 Å². The Bertz CT molecular complexity index is 1360. The van der Waals surface area contributed by atoms with Crippen molar-refractivity contribution in [3.63, 3.8) is 0 Å². The van der Waals surface area contributed by atoms with Crippen LogP contribution in [0.3, 0.4) is 0 Å². The number of aliphatic imine (C=N–C) groups is 1. The minimum Gasteiger partial charge on any atom is -0.383 e. The number of fused-ring (bicyclic) bond motifs is 3. The maximum atomic E-state index is 13.7. The highest BCUT2D eigenvalue weighted by molar-refractivity contribution is 6.07. The van der Waals surface area contributed by atoms with E-state index in [0.717, 1.165) is 27.8 Å². The maximum Gasteiger partial charge on any atom is 0.255 e. The number of hydrogen-bond donors (Lipinski definition) is 2. The average molecular weight is 421 g/mol. The van der Waals surface area contributed by atoms with Gasteiger partial charge in [0.2, 0.25) is 0 Å². The molecule has 0 unspecified atom stereocenters. The normalized spacial score (nSPS) is 12.2. The zero-order valence-corrected chi connectivity index (χ0v) is 17.2. The number of carbonyl (C=O) groups excluding carboxylic acids is 1. The molecular formula is C27H20FN3O. The third-order valence-corrected chi connectivity index (χ3v) is 5.57. The molecular weight excluding hydrogens is 401 g/mol. The van der Waals surface area contributed by atoms with E-state index in [0.29, 0.717) is 29.2 Å². The molecule has 1 aliphatic carbocycles. The van der Waals surface area contributed by atoms with Crippen LogP contribution in [0.2, 0.25) is 0 Å². The summed E-state index contributed by atoms with van der Waals surface area (Å²) in [6.45, 7) is 0. The summed E-state index contributed by atoms with van der Waals surface area (Å²) in [4.78, 5) is 17.6. The van der Waals surface area contributed by atoms with Crippen molar-refractivity contribution >= 4 is 23.1 Å². The first kappa shape index (κ1) is 19.7. The van der Waals surface area contributed by atoms with Crippen molar-refractivity contribution in [1.29, 1.82) is 0 Å². The molecule has 5 rings (SSSR count). The Morgan fingerprint density at radius 3 is 2.53 bits per heavy atom. The highest BCUT2D eigenvalue weighted by atomic mass is 19.1. The van der Waals surface area contributed by atoms with E-state index in [1.807, 2.05) is 60.7 Å². The lowest BCUT2D eigenvalue weighted by Gasteiger charge is -2.10. The van der Waals surface area contributed by atoms with Crippen molar-refractivity contribution in [3.05, 3.63) is 119 Å². The second kappa shape index (κ2) is 8.12. The van der Waals surface area contributed by atoms with Gasteiger partial charge in [0, 0.05) is 16.8 Å². The predicted molar refractivity (Wildman–Crippen MR) is 126 cm³/mol. The van der Waals surface area contributed by atoms with Crippen LogP contribution in [0.5, 0.6) is 0 Å². The molecule has 0 aliphatic heterocycles. The van der Waals surface area contributed by atoms with Gasteiger partial charge in [0.15, 0.2) is 0 Å². The Kier molecular flexibility index (Phi) is 5.00. The Labute approximate surface area is 185 Å². The molecule has 0 saturated heterocycles. The first-order chi connectivity index (χ1) is 15.6. The number of halogens is 1. The molecule has 1 aliphatic rings. The van der Waals surface area contributed by atoms with E-state index in [-0.39, 0.29) is 11.7 Å². The third-order valence-electron chi connectivity index (χ3n) is 5.57. The maximum absolute atomic E-state index is 13.7. The molecule has 5 heteroatoms. The van der Waals surface area contributed by atoms with Crippen LogP contribution in [-0.2, 0) is 6.42 Å². The predicted octanol–water partition coefficient (Wildman–Crippen LogP) is 5.69. The summed E-state index contributed by atoms with van der Waals surface area (Å²) in [5.74, 6) is -0.0815. The Balaban J connectivity index is 1.40. The Morgan fingerprint density at radius 1 is 0.875 bits per heavy atom. The second-order valence-corrected chi connectivity index (χ2v) is 7.68. The molecule has 1 amide bonds. The number of amidine groups is 1. The van der Waals surface area contributed by atoms with Crippen LogP contribution in [0.4, 0.5) is 15.8 Å². The molecule has 0 radical (unpaired) electrons. The number of hydrogen-bond acceptors (Lipinski definition) is 2. The molecule has 0 aromatic heterocycles. The van der Waals surface area contributed by atoms with Gasteiger partial charge in [0.05, 0.1) is 5.69 Å². The highest BCUT2D eigenvalue weighted by Crippen LogP contribution is 2.38. The number of carbonyl (C=O) groups is 1. The fourth-order valence-corrected chi connectivity index (χ4v) is 4.07. The van der Waals surface area contributed by atoms with E-state index in [1.165, 1.54) is 12.1 Å². The van der Waals surface area contributed by atoms with Crippen LogP contribution in [-0.4, -0.2) is 11.7 Å². The van der Waals surface area contributed by atoms with Gasteiger partial charge in [-0.15, -0.1) is 0 Å². The van der Waals surface area contributed by atoms with Gasteiger partial charge < -0.3 is 11.1 Å². The summed E-state index contributed by atoms with van der Waals surface area (Å²) in [6, 6.07) is 27.1. The average Bonchev–Trinajstić information content (AvgIpc) is 3.17. The minimum atomic E-state index is -0.269. The third kappa shape index (κ3) is 3.76. The van der Waals surface area contributed by atoms with Crippen LogP contribution >= 0.6 is 0 Å². The smallest absolute Gasteiger partial charge is 0.255 e. The Morgan fingerprint density at radius 2 is 1.69 bits per heavy atom. The van der Waals surface area contributed by atoms with Crippen molar-refractivity contribution in [3.8, 4) is 11.1 Å². The van der Waals surface area contributed by atoms with Crippen LogP contribution < -0.4 is 11.1 Å². The summed E-state index contributed by atoms with van der Waals surface area (Å²) in [5.41, 5.74) is 12.6. The molecule has 4 aromatic rings. The minimum absolute atomic E-state index is 0.215. The van der Waals surface area contributed by atoms with Crippen molar-refractivity contribution < 1.29 is 9.18 Å². The Hall–Kier alpha value is -4.25. The zero-order chi connectivity index (χ0) is 22.1. The fraction of sp³-hybridized carbons (Fsp3) is 0.0370. The summed E-state index contributed by atoms with van der Waals surface area (Å²) in [5, 5.41) is 2.96. The van der Waals surface area contributed by atoms with Crippen molar-refractivity contribution in [2.75, 3.05) is 5.32 Å². The van der Waals surface area contributed by atoms with Gasteiger partial charge in [-0.05, 0) is 65.1 Å². The van der Waals surface area contributed by atoms with Gasteiger partial charge in [0.25, 0.3) is 5.91 Å². The molecule has 0 bridgehead atoms. The molecule has 4 nitrogen and oxygen atoms in total. The van der Waals surface area contributed by atoms with Crippen molar-refractivity contribution in [1.82, 2.24) is 0 Å². The number of anilines is 1. The van der Waals surface area contributed by atoms with Crippen LogP contribution in [0.1, 0.15) is 27.0 Å². The lowest BCUT2D eigenvalue weighted by molar-refractivity contribution is 0.102. The number of nitrogens with two attached hydrogens (primary N) is 1. The summed E-state index contributed by atoms with van der Waals surface area (Å²) >= 11 is 0. The molecule has 0 spiro atoms. The van der Waals surface area contributed by atoms with Crippen molar-refractivity contribution in [2.24, 2.45) is 10.7 Å². The van der Waals surface area contributed by atoms with Gasteiger partial charge in [-0.3, -0.25) is 4.79 Å². The van der Waals surface area contributed by atoms with Gasteiger partial charge in [0.1, 0.15) is 11.7 Å². The first-order valence-electron chi connectivity index (χ1n) is 10.3. The van der Waals surface area contributed by atoms with E-state index in [9.17, 15) is 9.18 Å². The van der Waals surface area contributed by atoms with Crippen LogP contribution in [0.15, 0.2) is 96.0 Å². The van der Waals surface area contributed by atoms with Crippen LogP contribution in [0.25, 0.3) is 11.1 Å². The molecule has 3 N–H and O–H groups in total. The topological polar surface area (TPSA) is 67.5 Å². The summed E-state index contributed by atoms with van der Waals surface area (Å²) in [7, 11) is 0. The summed E-state index contributed by atoms with van der Waals surface area (Å²) in [6.07, 6.45) is 0.532. The van der Waals surface area contributed by atoms with E-state index in [1.54, 1.807) is 18.2 Å². The number of nitrogens with one attached hydrogen (secondary N) is 1. The fourth-order valence-electron chi connectivity index (χ4n) is 4.07. The van der Waals surface area contributed by atoms with Crippen molar-refractivity contribution in [2.45, 2.75) is 6.42 Å². The van der Waals surface area contributed by atoms with Crippen LogP contribution in [0, 0.1) is 5.82 Å². The molecule has 0 fully saturated rings. The van der Waals surface area contributed by atoms with E-state index < -0.39 is 0 Å². The van der Waals surface area contributed by atoms with E-state index >= 15 is 0 Å². The lowest BCUT2D eigenvalue weighted by atomic mass is 10.0. The van der Waals surface area contributed by atoms with Gasteiger partial charge >= 0.3 is 0 Å². The second-order valence-electron chi connectivity index (χ2n) is 7.68. The number of benzene rings is 4. The van der Waals surface area contributed by atoms with Gasteiger partial charge in [-0.1, -0.05) is 54.6 Å². The summed E-state index contributed by atoms with van der Waals surface area (Å²) < 4.78 is 13.7. The molecule has 0 saturated carbocycles. The zero-order valence-electron chi connectivity index (χ0n) is 17.2. The van der Waals surface area contributed by atoms with Gasteiger partial charge in [-0.25, -0.2) is 9.38 Å². The number of amides is 1. The molecule has 32 heavy (non-hydrogen) atoms.